The monoisotopic (exact) mass is 238 g/mol. The third kappa shape index (κ3) is 3.20. The molecule has 0 aromatic carbocycles. The molecule has 4 unspecified atom stereocenters. The van der Waals surface area contributed by atoms with Gasteiger partial charge in [0.2, 0.25) is 0 Å². The van der Waals surface area contributed by atoms with E-state index in [0.29, 0.717) is 12.5 Å². The van der Waals surface area contributed by atoms with Crippen LogP contribution in [0.1, 0.15) is 41.0 Å². The third-order valence-electron chi connectivity index (χ3n) is 4.22. The average Bonchev–Trinajstić information content (AvgIpc) is 2.30. The maximum absolute atomic E-state index is 9.83. The van der Waals surface area contributed by atoms with Crippen LogP contribution >= 0.6 is 0 Å². The Bertz CT molecular complexity index is 306. The topological polar surface area (TPSA) is 29.5 Å². The Balaban J connectivity index is 2.87. The van der Waals surface area contributed by atoms with Crippen LogP contribution in [0.3, 0.4) is 0 Å². The number of rotatable bonds is 3. The number of ether oxygens (including phenoxy) is 1. The lowest BCUT2D eigenvalue weighted by Crippen LogP contribution is -2.46. The van der Waals surface area contributed by atoms with Crippen molar-refractivity contribution in [3.63, 3.8) is 0 Å². The van der Waals surface area contributed by atoms with Crippen LogP contribution in [0, 0.1) is 17.3 Å². The van der Waals surface area contributed by atoms with E-state index in [2.05, 4.69) is 52.8 Å². The Hall–Kier alpha value is -0.600. The van der Waals surface area contributed by atoms with E-state index in [9.17, 15) is 5.11 Å². The van der Waals surface area contributed by atoms with Crippen molar-refractivity contribution in [1.82, 2.24) is 0 Å². The highest BCUT2D eigenvalue weighted by atomic mass is 16.6. The van der Waals surface area contributed by atoms with Gasteiger partial charge in [-0.05, 0) is 24.7 Å². The van der Waals surface area contributed by atoms with Crippen molar-refractivity contribution in [3.05, 3.63) is 23.8 Å². The van der Waals surface area contributed by atoms with Crippen molar-refractivity contribution in [3.8, 4) is 0 Å². The molecule has 0 saturated carbocycles. The molecule has 4 atom stereocenters. The summed E-state index contributed by atoms with van der Waals surface area (Å²) in [7, 11) is 0. The molecule has 1 rings (SSSR count). The zero-order valence-electron chi connectivity index (χ0n) is 11.7. The fraction of sp³-hybridized carbons (Fsp3) is 0.733. The van der Waals surface area contributed by atoms with Crippen molar-refractivity contribution in [1.29, 1.82) is 0 Å². The summed E-state index contributed by atoms with van der Waals surface area (Å²) in [6, 6.07) is 0. The Morgan fingerprint density at radius 2 is 2.12 bits per heavy atom. The second-order valence-corrected chi connectivity index (χ2v) is 5.47. The lowest BCUT2D eigenvalue weighted by molar-refractivity contribution is -0.205. The standard InChI is InChI=1S/C15H26O2/c1-6-7-11(2)8-9-15(5)12(3)10-17-14(16)13(15)4/h7-9,12-14,16H,6,10H2,1-5H3/b9-8+,11-7+. The Labute approximate surface area is 105 Å². The first kappa shape index (κ1) is 14.5. The second kappa shape index (κ2) is 5.83. The summed E-state index contributed by atoms with van der Waals surface area (Å²) in [5.41, 5.74) is 1.29. The van der Waals surface area contributed by atoms with Gasteiger partial charge in [0.1, 0.15) is 0 Å². The van der Waals surface area contributed by atoms with Crippen LogP contribution in [0.2, 0.25) is 0 Å². The molecule has 0 radical (unpaired) electrons. The molecule has 1 aliphatic heterocycles. The molecule has 0 aliphatic carbocycles. The van der Waals surface area contributed by atoms with Gasteiger partial charge in [-0.25, -0.2) is 0 Å². The summed E-state index contributed by atoms with van der Waals surface area (Å²) < 4.78 is 5.36. The van der Waals surface area contributed by atoms with Crippen LogP contribution in [0.15, 0.2) is 23.8 Å². The normalized spacial score (nSPS) is 39.9. The van der Waals surface area contributed by atoms with Gasteiger partial charge in [-0.2, -0.15) is 0 Å². The Morgan fingerprint density at radius 1 is 1.47 bits per heavy atom. The van der Waals surface area contributed by atoms with Crippen LogP contribution in [-0.4, -0.2) is 18.0 Å². The van der Waals surface area contributed by atoms with E-state index in [1.54, 1.807) is 0 Å². The van der Waals surface area contributed by atoms with Gasteiger partial charge in [-0.1, -0.05) is 51.5 Å². The van der Waals surface area contributed by atoms with Crippen LogP contribution in [-0.2, 0) is 4.74 Å². The van der Waals surface area contributed by atoms with E-state index in [4.69, 9.17) is 4.74 Å². The van der Waals surface area contributed by atoms with Gasteiger partial charge in [0.15, 0.2) is 6.29 Å². The zero-order valence-corrected chi connectivity index (χ0v) is 11.7. The van der Waals surface area contributed by atoms with Gasteiger partial charge in [0, 0.05) is 5.92 Å². The Morgan fingerprint density at radius 3 is 2.71 bits per heavy atom. The molecule has 0 aromatic heterocycles. The second-order valence-electron chi connectivity index (χ2n) is 5.47. The van der Waals surface area contributed by atoms with E-state index in [-0.39, 0.29) is 11.3 Å². The highest BCUT2D eigenvalue weighted by Crippen LogP contribution is 2.43. The lowest BCUT2D eigenvalue weighted by atomic mass is 9.67. The summed E-state index contributed by atoms with van der Waals surface area (Å²) in [6.07, 6.45) is 7.05. The number of hydrogen-bond acceptors (Lipinski definition) is 2. The Kier molecular flexibility index (Phi) is 4.96. The van der Waals surface area contributed by atoms with E-state index in [0.717, 1.165) is 6.42 Å². The maximum Gasteiger partial charge on any atom is 0.157 e. The minimum atomic E-state index is -0.642. The minimum absolute atomic E-state index is 0.000504. The lowest BCUT2D eigenvalue weighted by Gasteiger charge is -2.45. The van der Waals surface area contributed by atoms with E-state index in [1.807, 2.05) is 0 Å². The predicted molar refractivity (Wildman–Crippen MR) is 71.6 cm³/mol. The highest BCUT2D eigenvalue weighted by molar-refractivity contribution is 5.19. The molecule has 1 fully saturated rings. The molecule has 0 aromatic rings. The average molecular weight is 238 g/mol. The van der Waals surface area contributed by atoms with Crippen LogP contribution in [0.4, 0.5) is 0 Å². The molecule has 2 nitrogen and oxygen atoms in total. The van der Waals surface area contributed by atoms with Gasteiger partial charge in [-0.3, -0.25) is 0 Å². The molecule has 0 spiro atoms. The smallest absolute Gasteiger partial charge is 0.157 e. The third-order valence-corrected chi connectivity index (χ3v) is 4.22. The summed E-state index contributed by atoms with van der Waals surface area (Å²) in [6.45, 7) is 11.3. The van der Waals surface area contributed by atoms with Gasteiger partial charge in [0.05, 0.1) is 6.61 Å². The maximum atomic E-state index is 9.83. The number of hydrogen-bond donors (Lipinski definition) is 1. The van der Waals surface area contributed by atoms with Crippen molar-refractivity contribution < 1.29 is 9.84 Å². The van der Waals surface area contributed by atoms with Crippen LogP contribution in [0.5, 0.6) is 0 Å². The fourth-order valence-corrected chi connectivity index (χ4v) is 2.34. The summed E-state index contributed by atoms with van der Waals surface area (Å²) in [5.74, 6) is 0.545. The van der Waals surface area contributed by atoms with Crippen molar-refractivity contribution >= 4 is 0 Å². The molecule has 2 heteroatoms. The number of allylic oxidation sites excluding steroid dienone is 4. The van der Waals surface area contributed by atoms with Crippen molar-refractivity contribution in [2.75, 3.05) is 6.61 Å². The molecule has 0 bridgehead atoms. The van der Waals surface area contributed by atoms with E-state index < -0.39 is 6.29 Å². The summed E-state index contributed by atoms with van der Waals surface area (Å²) in [5, 5.41) is 9.83. The molecule has 1 saturated heterocycles. The molecule has 1 heterocycles. The van der Waals surface area contributed by atoms with Gasteiger partial charge in [0.25, 0.3) is 0 Å². The molecule has 17 heavy (non-hydrogen) atoms. The first-order valence-corrected chi connectivity index (χ1v) is 6.57. The van der Waals surface area contributed by atoms with Crippen LogP contribution in [0.25, 0.3) is 0 Å². The van der Waals surface area contributed by atoms with Crippen molar-refractivity contribution in [2.45, 2.75) is 47.3 Å². The molecule has 98 valence electrons. The molecular formula is C15H26O2. The molecule has 1 aliphatic rings. The molecule has 0 amide bonds. The van der Waals surface area contributed by atoms with Crippen molar-refractivity contribution in [2.24, 2.45) is 17.3 Å². The zero-order chi connectivity index (χ0) is 13.1. The minimum Gasteiger partial charge on any atom is -0.368 e. The quantitative estimate of drug-likeness (QED) is 0.762. The van der Waals surface area contributed by atoms with E-state index >= 15 is 0 Å². The van der Waals surface area contributed by atoms with Crippen LogP contribution < -0.4 is 0 Å². The molecular weight excluding hydrogens is 212 g/mol. The fourth-order valence-electron chi connectivity index (χ4n) is 2.34. The summed E-state index contributed by atoms with van der Waals surface area (Å²) in [4.78, 5) is 0. The predicted octanol–water partition coefficient (Wildman–Crippen LogP) is 3.53. The first-order valence-electron chi connectivity index (χ1n) is 6.57. The highest BCUT2D eigenvalue weighted by Gasteiger charge is 2.42. The molecule has 1 N–H and O–H groups in total. The SMILES string of the molecule is CC/C=C(C)/C=C/C1(C)C(C)COC(O)C1C. The van der Waals surface area contributed by atoms with Gasteiger partial charge in [-0.15, -0.1) is 0 Å². The first-order chi connectivity index (χ1) is 7.91. The number of aliphatic hydroxyl groups is 1. The largest absolute Gasteiger partial charge is 0.368 e. The van der Waals surface area contributed by atoms with Gasteiger partial charge >= 0.3 is 0 Å². The van der Waals surface area contributed by atoms with E-state index in [1.165, 1.54) is 5.57 Å². The summed E-state index contributed by atoms with van der Waals surface area (Å²) >= 11 is 0. The number of aliphatic hydroxyl groups excluding tert-OH is 1. The van der Waals surface area contributed by atoms with Gasteiger partial charge < -0.3 is 9.84 Å².